The Hall–Kier alpha value is -1.18. The lowest BCUT2D eigenvalue weighted by Crippen LogP contribution is -2.53. The van der Waals surface area contributed by atoms with Gasteiger partial charge in [0.1, 0.15) is 11.6 Å². The van der Waals surface area contributed by atoms with Gasteiger partial charge in [0.2, 0.25) is 5.91 Å². The zero-order chi connectivity index (χ0) is 17.9. The third-order valence-corrected chi connectivity index (χ3v) is 6.21. The molecule has 138 valence electrons. The maximum atomic E-state index is 14.4. The molecule has 1 aromatic rings. The number of benzene rings is 1. The van der Waals surface area contributed by atoms with Gasteiger partial charge in [-0.05, 0) is 43.3 Å². The fourth-order valence-electron chi connectivity index (χ4n) is 3.56. The number of nitrogens with one attached hydrogen (secondary N) is 1. The Labute approximate surface area is 150 Å². The van der Waals surface area contributed by atoms with E-state index in [9.17, 15) is 18.7 Å². The van der Waals surface area contributed by atoms with Gasteiger partial charge in [-0.2, -0.15) is 11.8 Å². The van der Waals surface area contributed by atoms with Gasteiger partial charge in [0.05, 0.1) is 11.0 Å². The Bertz CT molecular complexity index is 629. The van der Waals surface area contributed by atoms with Crippen LogP contribution >= 0.6 is 11.8 Å². The first-order valence-electron chi connectivity index (χ1n) is 8.57. The van der Waals surface area contributed by atoms with Crippen molar-refractivity contribution in [2.45, 2.75) is 36.7 Å². The summed E-state index contributed by atoms with van der Waals surface area (Å²) < 4.78 is 33.0. The summed E-state index contributed by atoms with van der Waals surface area (Å²) in [6.45, 7) is 0.827. The highest BCUT2D eigenvalue weighted by Gasteiger charge is 2.44. The number of carbonyl (C=O) groups is 1. The zero-order valence-electron chi connectivity index (χ0n) is 14.0. The summed E-state index contributed by atoms with van der Waals surface area (Å²) in [5.41, 5.74) is -1.80. The first-order valence-corrected chi connectivity index (χ1v) is 9.72. The van der Waals surface area contributed by atoms with E-state index in [1.165, 1.54) is 12.1 Å². The number of aliphatic hydroxyl groups is 1. The molecule has 2 fully saturated rings. The molecule has 0 atom stereocenters. The molecule has 2 N–H and O–H groups in total. The first kappa shape index (κ1) is 18.6. The zero-order valence-corrected chi connectivity index (χ0v) is 14.8. The van der Waals surface area contributed by atoms with Crippen LogP contribution in [0.3, 0.4) is 0 Å². The van der Waals surface area contributed by atoms with E-state index in [0.717, 1.165) is 17.6 Å². The van der Waals surface area contributed by atoms with Gasteiger partial charge in [0.15, 0.2) is 0 Å². The summed E-state index contributed by atoms with van der Waals surface area (Å²) in [7, 11) is 0. The predicted molar refractivity (Wildman–Crippen MR) is 92.6 cm³/mol. The summed E-state index contributed by atoms with van der Waals surface area (Å²) in [6, 6.07) is 3.34. The molecule has 0 radical (unpaired) electrons. The molecule has 0 aliphatic carbocycles. The Morgan fingerprint density at radius 3 is 2.52 bits per heavy atom. The summed E-state index contributed by atoms with van der Waals surface area (Å²) in [6.07, 6.45) is 1.91. The standard InChI is InChI=1S/C18H23F2NO3S/c19-13-1-2-14(15(20)11-13)18(3-7-24-8-4-18)16(22)21-12-17(23)5-9-25-10-6-17/h1-2,11,23H,3-10,12H2,(H,21,22). The Balaban J connectivity index is 1.81. The molecular weight excluding hydrogens is 348 g/mol. The van der Waals surface area contributed by atoms with Crippen LogP contribution < -0.4 is 5.32 Å². The van der Waals surface area contributed by atoms with Gasteiger partial charge in [0.25, 0.3) is 0 Å². The second kappa shape index (κ2) is 7.60. The third-order valence-electron chi connectivity index (χ3n) is 5.23. The minimum Gasteiger partial charge on any atom is -0.388 e. The van der Waals surface area contributed by atoms with Crippen molar-refractivity contribution in [2.24, 2.45) is 0 Å². The molecule has 2 heterocycles. The number of ether oxygens (including phenoxy) is 1. The van der Waals surface area contributed by atoms with Gasteiger partial charge in [-0.3, -0.25) is 4.79 Å². The smallest absolute Gasteiger partial charge is 0.231 e. The van der Waals surface area contributed by atoms with Crippen molar-refractivity contribution < 1.29 is 23.4 Å². The average Bonchev–Trinajstić information content (AvgIpc) is 2.61. The van der Waals surface area contributed by atoms with Crippen molar-refractivity contribution in [3.05, 3.63) is 35.4 Å². The van der Waals surface area contributed by atoms with Crippen LogP contribution in [-0.2, 0) is 14.9 Å². The molecule has 1 amide bonds. The van der Waals surface area contributed by atoms with Gasteiger partial charge < -0.3 is 15.2 Å². The number of hydrogen-bond donors (Lipinski definition) is 2. The second-order valence-corrected chi connectivity index (χ2v) is 8.06. The van der Waals surface area contributed by atoms with Crippen LogP contribution in [-0.4, -0.2) is 47.9 Å². The summed E-state index contributed by atoms with van der Waals surface area (Å²) >= 11 is 1.78. The van der Waals surface area contributed by atoms with Gasteiger partial charge in [-0.1, -0.05) is 6.07 Å². The number of rotatable bonds is 4. The molecule has 2 saturated heterocycles. The van der Waals surface area contributed by atoms with Gasteiger partial charge >= 0.3 is 0 Å². The number of hydrogen-bond acceptors (Lipinski definition) is 4. The number of carbonyl (C=O) groups excluding carboxylic acids is 1. The molecule has 2 aliphatic rings. The fourth-order valence-corrected chi connectivity index (χ4v) is 4.81. The highest BCUT2D eigenvalue weighted by molar-refractivity contribution is 7.99. The molecule has 25 heavy (non-hydrogen) atoms. The summed E-state index contributed by atoms with van der Waals surface area (Å²) in [5.74, 6) is 0.00580. The Morgan fingerprint density at radius 2 is 1.88 bits per heavy atom. The number of halogens is 2. The number of amides is 1. The van der Waals surface area contributed by atoms with Crippen LogP contribution in [0.1, 0.15) is 31.2 Å². The van der Waals surface area contributed by atoms with Crippen molar-refractivity contribution in [3.63, 3.8) is 0 Å². The van der Waals surface area contributed by atoms with E-state index in [2.05, 4.69) is 5.32 Å². The van der Waals surface area contributed by atoms with Crippen LogP contribution in [0.25, 0.3) is 0 Å². The molecule has 2 aliphatic heterocycles. The van der Waals surface area contributed by atoms with Crippen molar-refractivity contribution in [1.82, 2.24) is 5.32 Å². The molecule has 3 rings (SSSR count). The van der Waals surface area contributed by atoms with E-state index < -0.39 is 22.7 Å². The van der Waals surface area contributed by atoms with Gasteiger partial charge in [0, 0.05) is 31.4 Å². The third kappa shape index (κ3) is 3.99. The van der Waals surface area contributed by atoms with Gasteiger partial charge in [-0.25, -0.2) is 8.78 Å². The maximum Gasteiger partial charge on any atom is 0.231 e. The molecule has 0 unspecified atom stereocenters. The highest BCUT2D eigenvalue weighted by Crippen LogP contribution is 2.37. The fraction of sp³-hybridized carbons (Fsp3) is 0.611. The summed E-state index contributed by atoms with van der Waals surface area (Å²) in [4.78, 5) is 13.0. The van der Waals surface area contributed by atoms with E-state index in [0.29, 0.717) is 38.9 Å². The normalized spacial score (nSPS) is 22.4. The molecule has 0 saturated carbocycles. The lowest BCUT2D eigenvalue weighted by atomic mass is 9.73. The van der Waals surface area contributed by atoms with Gasteiger partial charge in [-0.15, -0.1) is 0 Å². The molecule has 0 spiro atoms. The minimum atomic E-state index is -1.09. The van der Waals surface area contributed by atoms with Crippen molar-refractivity contribution >= 4 is 17.7 Å². The van der Waals surface area contributed by atoms with E-state index >= 15 is 0 Å². The average molecular weight is 371 g/mol. The quantitative estimate of drug-likeness (QED) is 0.853. The highest BCUT2D eigenvalue weighted by atomic mass is 32.2. The topological polar surface area (TPSA) is 58.6 Å². The van der Waals surface area contributed by atoms with Crippen LogP contribution in [0.5, 0.6) is 0 Å². The Morgan fingerprint density at radius 1 is 1.20 bits per heavy atom. The first-order chi connectivity index (χ1) is 12.0. The van der Waals surface area contributed by atoms with Crippen LogP contribution in [0.4, 0.5) is 8.78 Å². The van der Waals surface area contributed by atoms with Crippen LogP contribution in [0.15, 0.2) is 18.2 Å². The molecular formula is C18H23F2NO3S. The lowest BCUT2D eigenvalue weighted by Gasteiger charge is -2.38. The lowest BCUT2D eigenvalue weighted by molar-refractivity contribution is -0.132. The monoisotopic (exact) mass is 371 g/mol. The van der Waals surface area contributed by atoms with E-state index in [1.807, 2.05) is 0 Å². The van der Waals surface area contributed by atoms with E-state index in [4.69, 9.17) is 4.74 Å². The van der Waals surface area contributed by atoms with E-state index in [1.54, 1.807) is 11.8 Å². The second-order valence-electron chi connectivity index (χ2n) is 6.84. The largest absolute Gasteiger partial charge is 0.388 e. The SMILES string of the molecule is O=C(NCC1(O)CCSCC1)C1(c2ccc(F)cc2F)CCOCC1. The van der Waals surface area contributed by atoms with Crippen LogP contribution in [0.2, 0.25) is 0 Å². The molecule has 4 nitrogen and oxygen atoms in total. The molecule has 1 aromatic carbocycles. The van der Waals surface area contributed by atoms with Crippen LogP contribution in [0, 0.1) is 11.6 Å². The maximum absolute atomic E-state index is 14.4. The van der Waals surface area contributed by atoms with Crippen molar-refractivity contribution in [2.75, 3.05) is 31.3 Å². The predicted octanol–water partition coefficient (Wildman–Crippen LogP) is 2.39. The van der Waals surface area contributed by atoms with Crippen molar-refractivity contribution in [3.8, 4) is 0 Å². The number of thioether (sulfide) groups is 1. The minimum absolute atomic E-state index is 0.151. The molecule has 7 heteroatoms. The van der Waals surface area contributed by atoms with E-state index in [-0.39, 0.29) is 18.0 Å². The molecule has 0 aromatic heterocycles. The summed E-state index contributed by atoms with van der Waals surface area (Å²) in [5, 5.41) is 13.4. The Kier molecular flexibility index (Phi) is 5.65. The van der Waals surface area contributed by atoms with Crippen molar-refractivity contribution in [1.29, 1.82) is 0 Å². The molecule has 0 bridgehead atoms.